The van der Waals surface area contributed by atoms with Crippen LogP contribution < -0.4 is 0 Å². The van der Waals surface area contributed by atoms with E-state index in [4.69, 9.17) is 16.3 Å². The van der Waals surface area contributed by atoms with Crippen molar-refractivity contribution in [1.29, 1.82) is 0 Å². The third-order valence-corrected chi connectivity index (χ3v) is 3.49. The van der Waals surface area contributed by atoms with Gasteiger partial charge in [0.1, 0.15) is 12.4 Å². The first-order chi connectivity index (χ1) is 10.4. The smallest absolute Gasteiger partial charge is 0.338 e. The van der Waals surface area contributed by atoms with E-state index in [2.05, 4.69) is 0 Å². The second-order valence-electron chi connectivity index (χ2n) is 4.48. The molecule has 0 N–H and O–H groups in total. The van der Waals surface area contributed by atoms with Gasteiger partial charge in [0.2, 0.25) is 0 Å². The second kappa shape index (κ2) is 6.53. The van der Waals surface area contributed by atoms with Crippen molar-refractivity contribution >= 4 is 23.3 Å². The van der Waals surface area contributed by atoms with Gasteiger partial charge in [-0.05, 0) is 25.1 Å². The summed E-state index contributed by atoms with van der Waals surface area (Å²) < 4.78 is 18.6. The molecule has 22 heavy (non-hydrogen) atoms. The summed E-state index contributed by atoms with van der Waals surface area (Å²) >= 11 is 5.84. The molecule has 2 aromatic rings. The molecule has 2 aromatic carbocycles. The summed E-state index contributed by atoms with van der Waals surface area (Å²) in [7, 11) is 0. The van der Waals surface area contributed by atoms with Gasteiger partial charge in [-0.15, -0.1) is 0 Å². The molecule has 0 unspecified atom stereocenters. The average Bonchev–Trinajstić information content (AvgIpc) is 2.46. The van der Waals surface area contributed by atoms with Crippen LogP contribution in [-0.4, -0.2) is 10.9 Å². The van der Waals surface area contributed by atoms with Crippen molar-refractivity contribution in [3.8, 4) is 0 Å². The third kappa shape index (κ3) is 3.23. The SMILES string of the molecule is Cc1c(C(=O)OCc2c(F)cccc2Cl)cccc1[N+](=O)[O-]. The van der Waals surface area contributed by atoms with Gasteiger partial charge in [0.05, 0.1) is 15.5 Å². The minimum Gasteiger partial charge on any atom is -0.457 e. The van der Waals surface area contributed by atoms with Gasteiger partial charge in [0, 0.05) is 17.2 Å². The highest BCUT2D eigenvalue weighted by Gasteiger charge is 2.19. The molecule has 0 radical (unpaired) electrons. The molecule has 0 aliphatic carbocycles. The van der Waals surface area contributed by atoms with Crippen molar-refractivity contribution < 1.29 is 18.8 Å². The lowest BCUT2D eigenvalue weighted by Gasteiger charge is -2.09. The minimum absolute atomic E-state index is 0.0561. The third-order valence-electron chi connectivity index (χ3n) is 3.13. The summed E-state index contributed by atoms with van der Waals surface area (Å²) in [6.45, 7) is 1.09. The fourth-order valence-corrected chi connectivity index (χ4v) is 2.15. The Bertz CT molecular complexity index is 728. The fraction of sp³-hybridized carbons (Fsp3) is 0.133. The Balaban J connectivity index is 2.20. The number of hydrogen-bond acceptors (Lipinski definition) is 4. The zero-order valence-corrected chi connectivity index (χ0v) is 12.3. The predicted molar refractivity (Wildman–Crippen MR) is 78.4 cm³/mol. The quantitative estimate of drug-likeness (QED) is 0.483. The van der Waals surface area contributed by atoms with Crippen molar-refractivity contribution in [2.24, 2.45) is 0 Å². The van der Waals surface area contributed by atoms with E-state index in [0.717, 1.165) is 0 Å². The van der Waals surface area contributed by atoms with E-state index in [1.54, 1.807) is 0 Å². The number of nitro groups is 1. The summed E-state index contributed by atoms with van der Waals surface area (Å²) in [5.74, 6) is -1.36. The van der Waals surface area contributed by atoms with Crippen LogP contribution in [0.15, 0.2) is 36.4 Å². The number of nitro benzene ring substituents is 1. The Hall–Kier alpha value is -2.47. The standard InChI is InChI=1S/C15H11ClFNO4/c1-9-10(4-2-7-14(9)18(20)21)15(19)22-8-11-12(16)5-3-6-13(11)17/h2-7H,8H2,1H3. The first-order valence-electron chi connectivity index (χ1n) is 6.26. The van der Waals surface area contributed by atoms with Crippen LogP contribution in [0.1, 0.15) is 21.5 Å². The van der Waals surface area contributed by atoms with E-state index >= 15 is 0 Å². The number of esters is 1. The van der Waals surface area contributed by atoms with Gasteiger partial charge in [-0.2, -0.15) is 0 Å². The molecule has 0 aromatic heterocycles. The van der Waals surface area contributed by atoms with Crippen LogP contribution in [0.2, 0.25) is 5.02 Å². The van der Waals surface area contributed by atoms with E-state index in [1.807, 2.05) is 0 Å². The van der Waals surface area contributed by atoms with Gasteiger partial charge in [-0.1, -0.05) is 23.7 Å². The maximum Gasteiger partial charge on any atom is 0.338 e. The van der Waals surface area contributed by atoms with Crippen LogP contribution in [0.25, 0.3) is 0 Å². The molecule has 0 aliphatic heterocycles. The normalized spacial score (nSPS) is 10.3. The van der Waals surface area contributed by atoms with E-state index in [9.17, 15) is 19.3 Å². The molecule has 114 valence electrons. The molecule has 0 aliphatic rings. The maximum absolute atomic E-state index is 13.6. The van der Waals surface area contributed by atoms with Crippen LogP contribution in [-0.2, 0) is 11.3 Å². The van der Waals surface area contributed by atoms with Gasteiger partial charge < -0.3 is 4.74 Å². The lowest BCUT2D eigenvalue weighted by Crippen LogP contribution is -2.09. The lowest BCUT2D eigenvalue weighted by atomic mass is 10.1. The molecule has 0 spiro atoms. The molecular formula is C15H11ClFNO4. The number of ether oxygens (including phenoxy) is 1. The van der Waals surface area contributed by atoms with E-state index in [1.165, 1.54) is 43.3 Å². The van der Waals surface area contributed by atoms with Crippen molar-refractivity contribution in [3.05, 3.63) is 74.0 Å². The molecule has 0 amide bonds. The molecular weight excluding hydrogens is 313 g/mol. The van der Waals surface area contributed by atoms with Crippen LogP contribution in [0.3, 0.4) is 0 Å². The summed E-state index contributed by atoms with van der Waals surface area (Å²) in [4.78, 5) is 22.3. The van der Waals surface area contributed by atoms with Crippen molar-refractivity contribution in [3.63, 3.8) is 0 Å². The highest BCUT2D eigenvalue weighted by atomic mass is 35.5. The number of rotatable bonds is 4. The molecule has 5 nitrogen and oxygen atoms in total. The monoisotopic (exact) mass is 323 g/mol. The lowest BCUT2D eigenvalue weighted by molar-refractivity contribution is -0.385. The summed E-state index contributed by atoms with van der Waals surface area (Å²) in [5.41, 5.74) is 0.123. The Morgan fingerprint density at radius 2 is 2.00 bits per heavy atom. The molecule has 0 bridgehead atoms. The van der Waals surface area contributed by atoms with Crippen LogP contribution in [0, 0.1) is 22.9 Å². The largest absolute Gasteiger partial charge is 0.457 e. The number of halogens is 2. The van der Waals surface area contributed by atoms with Crippen molar-refractivity contribution in [2.45, 2.75) is 13.5 Å². The van der Waals surface area contributed by atoms with Crippen LogP contribution in [0.4, 0.5) is 10.1 Å². The van der Waals surface area contributed by atoms with Gasteiger partial charge in [0.25, 0.3) is 5.69 Å². The molecule has 0 atom stereocenters. The number of carbonyl (C=O) groups is 1. The molecule has 2 rings (SSSR count). The van der Waals surface area contributed by atoms with Crippen LogP contribution in [0.5, 0.6) is 0 Å². The predicted octanol–water partition coefficient (Wildman–Crippen LogP) is 4.05. The highest BCUT2D eigenvalue weighted by molar-refractivity contribution is 6.31. The zero-order valence-electron chi connectivity index (χ0n) is 11.5. The highest BCUT2D eigenvalue weighted by Crippen LogP contribution is 2.23. The van der Waals surface area contributed by atoms with E-state index in [-0.39, 0.29) is 34.0 Å². The van der Waals surface area contributed by atoms with Gasteiger partial charge >= 0.3 is 5.97 Å². The summed E-state index contributed by atoms with van der Waals surface area (Å²) in [5, 5.41) is 11.0. The Morgan fingerprint density at radius 1 is 1.32 bits per heavy atom. The molecule has 7 heteroatoms. The first kappa shape index (κ1) is 15.9. The first-order valence-corrected chi connectivity index (χ1v) is 6.63. The molecule has 0 fully saturated rings. The topological polar surface area (TPSA) is 69.4 Å². The van der Waals surface area contributed by atoms with E-state index in [0.29, 0.717) is 0 Å². The molecule has 0 heterocycles. The number of hydrogen-bond donors (Lipinski definition) is 0. The molecule has 0 saturated heterocycles. The minimum atomic E-state index is -0.777. The average molecular weight is 324 g/mol. The second-order valence-corrected chi connectivity index (χ2v) is 4.89. The maximum atomic E-state index is 13.6. The Morgan fingerprint density at radius 3 is 2.64 bits per heavy atom. The zero-order chi connectivity index (χ0) is 16.3. The summed E-state index contributed by atoms with van der Waals surface area (Å²) in [6, 6.07) is 8.21. The Labute approximate surface area is 130 Å². The van der Waals surface area contributed by atoms with Crippen molar-refractivity contribution in [1.82, 2.24) is 0 Å². The number of carbonyl (C=O) groups excluding carboxylic acids is 1. The number of benzene rings is 2. The van der Waals surface area contributed by atoms with Crippen molar-refractivity contribution in [2.75, 3.05) is 0 Å². The van der Waals surface area contributed by atoms with Gasteiger partial charge in [-0.3, -0.25) is 10.1 Å². The molecule has 0 saturated carbocycles. The number of nitrogens with zero attached hydrogens (tertiary/aromatic N) is 1. The summed E-state index contributed by atoms with van der Waals surface area (Å²) in [6.07, 6.45) is 0. The Kier molecular flexibility index (Phi) is 4.72. The van der Waals surface area contributed by atoms with Crippen LogP contribution >= 0.6 is 11.6 Å². The van der Waals surface area contributed by atoms with E-state index < -0.39 is 16.7 Å². The van der Waals surface area contributed by atoms with Gasteiger partial charge in [-0.25, -0.2) is 9.18 Å². The fourth-order valence-electron chi connectivity index (χ4n) is 1.93. The van der Waals surface area contributed by atoms with Gasteiger partial charge in [0.15, 0.2) is 0 Å².